The molecule has 0 aliphatic rings. The molecule has 1 aromatic rings. The average molecular weight is 203 g/mol. The molecule has 0 radical (unpaired) electrons. The van der Waals surface area contributed by atoms with Crippen LogP contribution in [0.25, 0.3) is 0 Å². The summed E-state index contributed by atoms with van der Waals surface area (Å²) in [7, 11) is 0. The lowest BCUT2D eigenvalue weighted by Gasteiger charge is -1.97. The number of halogens is 1. The molecule has 0 saturated carbocycles. The van der Waals surface area contributed by atoms with Crippen molar-refractivity contribution in [3.63, 3.8) is 0 Å². The Morgan fingerprint density at radius 1 is 1.38 bits per heavy atom. The third-order valence-corrected chi connectivity index (χ3v) is 1.33. The molecule has 0 fully saturated rings. The Kier molecular flexibility index (Phi) is 5.72. The summed E-state index contributed by atoms with van der Waals surface area (Å²) >= 11 is 4.80. The summed E-state index contributed by atoms with van der Waals surface area (Å²) in [6, 6.07) is 5.99. The molecule has 0 aliphatic carbocycles. The predicted octanol–water partition coefficient (Wildman–Crippen LogP) is 2.73. The van der Waals surface area contributed by atoms with Crippen LogP contribution in [-0.4, -0.2) is 11.1 Å². The van der Waals surface area contributed by atoms with Crippen LogP contribution in [0.2, 0.25) is 0 Å². The van der Waals surface area contributed by atoms with E-state index in [2.05, 4.69) is 4.29 Å². The van der Waals surface area contributed by atoms with Gasteiger partial charge in [-0.15, -0.1) is 0 Å². The number of para-hydroxylation sites is 1. The molecule has 1 N–H and O–H groups in total. The van der Waals surface area contributed by atoms with Crippen molar-refractivity contribution in [1.82, 2.24) is 0 Å². The van der Waals surface area contributed by atoms with E-state index in [9.17, 15) is 4.79 Å². The van der Waals surface area contributed by atoms with E-state index in [0.717, 1.165) is 0 Å². The number of hydrogen-bond acceptors (Lipinski definition) is 3. The summed E-state index contributed by atoms with van der Waals surface area (Å²) in [5, 5.41) is 9.05. The molecule has 0 aromatic heterocycles. The molecule has 3 nitrogen and oxygen atoms in total. The van der Waals surface area contributed by atoms with Crippen LogP contribution in [-0.2, 0) is 4.29 Å². The molecule has 13 heavy (non-hydrogen) atoms. The van der Waals surface area contributed by atoms with Crippen molar-refractivity contribution in [3.05, 3.63) is 29.8 Å². The first-order valence-corrected chi connectivity index (χ1v) is 4.17. The summed E-state index contributed by atoms with van der Waals surface area (Å²) in [4.78, 5) is 10.7. The summed E-state index contributed by atoms with van der Waals surface area (Å²) < 4.78 is 3.89. The van der Waals surface area contributed by atoms with Gasteiger partial charge in [-0.25, -0.2) is 4.79 Å². The van der Waals surface area contributed by atoms with E-state index in [1.807, 2.05) is 13.8 Å². The zero-order valence-corrected chi connectivity index (χ0v) is 8.21. The van der Waals surface area contributed by atoms with Crippen molar-refractivity contribution < 1.29 is 14.2 Å². The fraction of sp³-hybridized carbons (Fsp3) is 0.222. The quantitative estimate of drug-likeness (QED) is 0.762. The minimum atomic E-state index is -0.759. The molecular formula is C9H11ClO3. The summed E-state index contributed by atoms with van der Waals surface area (Å²) in [5.41, 5.74) is 0.0579. The van der Waals surface area contributed by atoms with Crippen LogP contribution in [0, 0.1) is 0 Å². The maximum Gasteiger partial charge on any atom is 0.360 e. The van der Waals surface area contributed by atoms with Gasteiger partial charge in [-0.3, -0.25) is 0 Å². The molecule has 0 heterocycles. The molecule has 4 heteroatoms. The number of benzene rings is 1. The maximum absolute atomic E-state index is 10.7. The summed E-state index contributed by atoms with van der Waals surface area (Å²) in [6.07, 6.45) is 0. The van der Waals surface area contributed by atoms with E-state index < -0.39 is 5.97 Å². The van der Waals surface area contributed by atoms with E-state index in [-0.39, 0.29) is 11.3 Å². The van der Waals surface area contributed by atoms with E-state index in [1.165, 1.54) is 12.1 Å². The number of aromatic hydroxyl groups is 1. The standard InChI is InChI=1S/C7H5ClO3.C2H6/c8-11-7(10)5-3-1-2-4-6(5)9;1-2/h1-4,9H;1-2H3. The van der Waals surface area contributed by atoms with Gasteiger partial charge in [0.15, 0.2) is 0 Å². The second-order valence-corrected chi connectivity index (χ2v) is 2.04. The van der Waals surface area contributed by atoms with Gasteiger partial charge < -0.3 is 9.40 Å². The van der Waals surface area contributed by atoms with Gasteiger partial charge in [0.25, 0.3) is 0 Å². The number of rotatable bonds is 1. The molecule has 0 unspecified atom stereocenters. The summed E-state index contributed by atoms with van der Waals surface area (Å²) in [6.45, 7) is 4.00. The average Bonchev–Trinajstić information content (AvgIpc) is 2.20. The van der Waals surface area contributed by atoms with Crippen molar-refractivity contribution in [1.29, 1.82) is 0 Å². The first-order valence-electron chi connectivity index (χ1n) is 3.86. The van der Waals surface area contributed by atoms with Crippen LogP contribution in [0.5, 0.6) is 5.75 Å². The lowest BCUT2D eigenvalue weighted by atomic mass is 10.2. The molecule has 1 aromatic carbocycles. The van der Waals surface area contributed by atoms with Gasteiger partial charge in [0.1, 0.15) is 23.2 Å². The normalized spacial score (nSPS) is 8.23. The van der Waals surface area contributed by atoms with Crippen LogP contribution in [0.4, 0.5) is 0 Å². The summed E-state index contributed by atoms with van der Waals surface area (Å²) in [5.74, 6) is -0.900. The van der Waals surface area contributed by atoms with Crippen LogP contribution in [0.1, 0.15) is 24.2 Å². The van der Waals surface area contributed by atoms with Crippen molar-refractivity contribution in [2.75, 3.05) is 0 Å². The van der Waals surface area contributed by atoms with Crippen molar-refractivity contribution in [3.8, 4) is 5.75 Å². The van der Waals surface area contributed by atoms with Crippen molar-refractivity contribution >= 4 is 17.8 Å². The zero-order valence-electron chi connectivity index (χ0n) is 7.45. The number of carbonyl (C=O) groups is 1. The Labute approximate surface area is 82.1 Å². The van der Waals surface area contributed by atoms with Crippen LogP contribution in [0.15, 0.2) is 24.3 Å². The number of phenols is 1. The van der Waals surface area contributed by atoms with Gasteiger partial charge in [-0.2, -0.15) is 0 Å². The fourth-order valence-electron chi connectivity index (χ4n) is 0.688. The van der Waals surface area contributed by atoms with E-state index in [0.29, 0.717) is 0 Å². The second kappa shape index (κ2) is 6.31. The first-order chi connectivity index (χ1) is 6.25. The van der Waals surface area contributed by atoms with Crippen molar-refractivity contribution in [2.24, 2.45) is 0 Å². The van der Waals surface area contributed by atoms with Gasteiger partial charge in [0, 0.05) is 0 Å². The van der Waals surface area contributed by atoms with E-state index in [4.69, 9.17) is 17.0 Å². The topological polar surface area (TPSA) is 46.5 Å². The van der Waals surface area contributed by atoms with Crippen LogP contribution in [0.3, 0.4) is 0 Å². The Morgan fingerprint density at radius 2 is 1.92 bits per heavy atom. The Bertz CT molecular complexity index is 273. The third-order valence-electron chi connectivity index (χ3n) is 1.19. The molecule has 0 saturated heterocycles. The lowest BCUT2D eigenvalue weighted by Crippen LogP contribution is -1.97. The van der Waals surface area contributed by atoms with Crippen molar-refractivity contribution in [2.45, 2.75) is 13.8 Å². The molecule has 0 atom stereocenters. The second-order valence-electron chi connectivity index (χ2n) is 1.88. The first kappa shape index (κ1) is 11.8. The largest absolute Gasteiger partial charge is 0.507 e. The molecular weight excluding hydrogens is 192 g/mol. The lowest BCUT2D eigenvalue weighted by molar-refractivity contribution is 0.0748. The number of hydrogen-bond donors (Lipinski definition) is 1. The Morgan fingerprint density at radius 3 is 2.38 bits per heavy atom. The van der Waals surface area contributed by atoms with Gasteiger partial charge in [0.2, 0.25) is 0 Å². The molecule has 0 aliphatic heterocycles. The highest BCUT2D eigenvalue weighted by Crippen LogP contribution is 2.16. The smallest absolute Gasteiger partial charge is 0.360 e. The van der Waals surface area contributed by atoms with Crippen LogP contribution >= 0.6 is 11.9 Å². The monoisotopic (exact) mass is 202 g/mol. The molecule has 1 rings (SSSR count). The van der Waals surface area contributed by atoms with Gasteiger partial charge >= 0.3 is 5.97 Å². The maximum atomic E-state index is 10.7. The molecule has 0 spiro atoms. The Balaban J connectivity index is 0.000000671. The Hall–Kier alpha value is -1.22. The van der Waals surface area contributed by atoms with Gasteiger partial charge in [-0.05, 0) is 12.1 Å². The minimum absolute atomic E-state index is 0.0579. The molecule has 0 bridgehead atoms. The number of carbonyl (C=O) groups excluding carboxylic acids is 1. The molecule has 0 amide bonds. The minimum Gasteiger partial charge on any atom is -0.507 e. The van der Waals surface area contributed by atoms with Gasteiger partial charge in [0.05, 0.1) is 0 Å². The highest BCUT2D eigenvalue weighted by molar-refractivity contribution is 6.16. The van der Waals surface area contributed by atoms with Gasteiger partial charge in [-0.1, -0.05) is 26.0 Å². The van der Waals surface area contributed by atoms with Crippen LogP contribution < -0.4 is 0 Å². The van der Waals surface area contributed by atoms with E-state index >= 15 is 0 Å². The fourth-order valence-corrected chi connectivity index (χ4v) is 0.771. The third kappa shape index (κ3) is 3.34. The predicted molar refractivity (Wildman–Crippen MR) is 50.7 cm³/mol. The SMILES string of the molecule is CC.O=C(OCl)c1ccccc1O. The zero-order chi connectivity index (χ0) is 10.3. The highest BCUT2D eigenvalue weighted by Gasteiger charge is 2.09. The highest BCUT2D eigenvalue weighted by atomic mass is 35.5. The number of phenolic OH excluding ortho intramolecular Hbond substituents is 1. The molecule has 72 valence electrons. The van der Waals surface area contributed by atoms with E-state index in [1.54, 1.807) is 12.1 Å².